The Hall–Kier alpha value is -1.26. The number of nitrogens with zero attached hydrogens (tertiary/aromatic N) is 2. The molecule has 0 aromatic heterocycles. The van der Waals surface area contributed by atoms with Gasteiger partial charge in [0.15, 0.2) is 5.82 Å². The van der Waals surface area contributed by atoms with E-state index in [4.69, 9.17) is 0 Å². The maximum atomic E-state index is 10.1. The zero-order valence-corrected chi connectivity index (χ0v) is 6.41. The lowest BCUT2D eigenvalue weighted by molar-refractivity contribution is -0.404. The molecule has 5 heteroatoms. The molecule has 1 aliphatic heterocycles. The monoisotopic (exact) mass is 157 g/mol. The van der Waals surface area contributed by atoms with Gasteiger partial charge in [0.2, 0.25) is 0 Å². The summed E-state index contributed by atoms with van der Waals surface area (Å²) in [7, 11) is 0. The normalized spacial score (nSPS) is 20.5. The zero-order chi connectivity index (χ0) is 8.27. The van der Waals surface area contributed by atoms with Gasteiger partial charge in [-0.05, 0) is 6.92 Å². The van der Waals surface area contributed by atoms with Crippen molar-refractivity contribution in [2.24, 2.45) is 0 Å². The van der Waals surface area contributed by atoms with Gasteiger partial charge in [-0.25, -0.2) is 0 Å². The molecule has 5 nitrogen and oxygen atoms in total. The molecule has 0 spiro atoms. The first kappa shape index (κ1) is 7.84. The van der Waals surface area contributed by atoms with E-state index in [0.29, 0.717) is 5.82 Å². The third-order valence-corrected chi connectivity index (χ3v) is 1.64. The molecule has 1 heterocycles. The summed E-state index contributed by atoms with van der Waals surface area (Å²) >= 11 is 0. The summed E-state index contributed by atoms with van der Waals surface area (Å²) in [6.45, 7) is 4.44. The quantitative estimate of drug-likeness (QED) is 0.452. The number of hydrogen-bond acceptors (Lipinski definition) is 4. The molecule has 0 radical (unpaired) electrons. The van der Waals surface area contributed by atoms with Gasteiger partial charge in [-0.2, -0.15) is 0 Å². The summed E-state index contributed by atoms with van der Waals surface area (Å²) in [4.78, 5) is 11.6. The minimum absolute atomic E-state index is 0.434. The number of hydrogen-bond donors (Lipinski definition) is 1. The zero-order valence-electron chi connectivity index (χ0n) is 6.41. The van der Waals surface area contributed by atoms with Crippen LogP contribution in [0, 0.1) is 10.1 Å². The Morgan fingerprint density at radius 3 is 3.18 bits per heavy atom. The first-order valence-corrected chi connectivity index (χ1v) is 3.58. The number of rotatable bonds is 2. The van der Waals surface area contributed by atoms with Crippen LogP contribution in [0.1, 0.15) is 6.92 Å². The van der Waals surface area contributed by atoms with Gasteiger partial charge in [0.05, 0.1) is 4.92 Å². The third-order valence-electron chi connectivity index (χ3n) is 1.64. The van der Waals surface area contributed by atoms with E-state index in [1.54, 1.807) is 0 Å². The van der Waals surface area contributed by atoms with E-state index in [2.05, 4.69) is 5.32 Å². The fourth-order valence-corrected chi connectivity index (χ4v) is 1.11. The Morgan fingerprint density at radius 1 is 1.91 bits per heavy atom. The lowest BCUT2D eigenvalue weighted by atomic mass is 10.5. The van der Waals surface area contributed by atoms with Crippen LogP contribution < -0.4 is 5.32 Å². The summed E-state index contributed by atoms with van der Waals surface area (Å²) in [5.41, 5.74) is 0. The van der Waals surface area contributed by atoms with E-state index in [9.17, 15) is 10.1 Å². The second-order valence-electron chi connectivity index (χ2n) is 2.31. The van der Waals surface area contributed by atoms with Crippen LogP contribution in [-0.4, -0.2) is 29.5 Å². The molecular formula is C6H11N3O2. The van der Waals surface area contributed by atoms with E-state index in [1.165, 1.54) is 0 Å². The molecule has 0 unspecified atom stereocenters. The Bertz CT molecular complexity index is 190. The Morgan fingerprint density at radius 2 is 2.64 bits per heavy atom. The van der Waals surface area contributed by atoms with Crippen molar-refractivity contribution >= 4 is 0 Å². The standard InChI is InChI=1S/C6H11N3O2/c1-2-8-4-3-7-6(8)5-9(10)11/h5,7H,2-4H2,1H3. The van der Waals surface area contributed by atoms with Crippen LogP contribution in [0.4, 0.5) is 0 Å². The predicted octanol–water partition coefficient (Wildman–Crippen LogP) is -0.0129. The van der Waals surface area contributed by atoms with Crippen molar-refractivity contribution in [3.05, 3.63) is 22.1 Å². The average molecular weight is 157 g/mol. The molecule has 1 saturated heterocycles. The smallest absolute Gasteiger partial charge is 0.274 e. The highest BCUT2D eigenvalue weighted by molar-refractivity contribution is 4.99. The molecule has 0 aliphatic carbocycles. The molecule has 1 rings (SSSR count). The number of nitrogens with one attached hydrogen (secondary N) is 1. The van der Waals surface area contributed by atoms with Crippen LogP contribution in [-0.2, 0) is 0 Å². The van der Waals surface area contributed by atoms with Gasteiger partial charge in [0.25, 0.3) is 6.20 Å². The average Bonchev–Trinajstić information content (AvgIpc) is 2.34. The minimum Gasteiger partial charge on any atom is -0.365 e. The van der Waals surface area contributed by atoms with Crippen LogP contribution >= 0.6 is 0 Å². The Balaban J connectivity index is 2.63. The second kappa shape index (κ2) is 3.23. The Labute approximate surface area is 64.8 Å². The highest BCUT2D eigenvalue weighted by Crippen LogP contribution is 2.05. The fraction of sp³-hybridized carbons (Fsp3) is 0.667. The highest BCUT2D eigenvalue weighted by atomic mass is 16.6. The molecule has 1 N–H and O–H groups in total. The highest BCUT2D eigenvalue weighted by Gasteiger charge is 2.16. The minimum atomic E-state index is -0.434. The first-order valence-electron chi connectivity index (χ1n) is 3.58. The van der Waals surface area contributed by atoms with Crippen molar-refractivity contribution in [2.45, 2.75) is 6.92 Å². The molecular weight excluding hydrogens is 146 g/mol. The molecule has 1 fully saturated rings. The summed E-state index contributed by atoms with van der Waals surface area (Å²) < 4.78 is 0. The summed E-state index contributed by atoms with van der Waals surface area (Å²) in [6.07, 6.45) is 1.01. The first-order chi connectivity index (χ1) is 5.24. The van der Waals surface area contributed by atoms with Gasteiger partial charge >= 0.3 is 0 Å². The van der Waals surface area contributed by atoms with Crippen molar-refractivity contribution in [1.82, 2.24) is 10.2 Å². The Kier molecular flexibility index (Phi) is 2.30. The van der Waals surface area contributed by atoms with E-state index in [1.807, 2.05) is 11.8 Å². The molecule has 1 aliphatic rings. The van der Waals surface area contributed by atoms with Gasteiger partial charge in [0, 0.05) is 19.6 Å². The fourth-order valence-electron chi connectivity index (χ4n) is 1.11. The SMILES string of the molecule is CCN1CCNC1=C[N+](=O)[O-]. The molecule has 0 atom stereocenters. The van der Waals surface area contributed by atoms with Gasteiger partial charge in [-0.15, -0.1) is 0 Å². The van der Waals surface area contributed by atoms with Crippen molar-refractivity contribution in [3.8, 4) is 0 Å². The summed E-state index contributed by atoms with van der Waals surface area (Å²) in [6, 6.07) is 0. The molecule has 0 saturated carbocycles. The van der Waals surface area contributed by atoms with Gasteiger partial charge in [-0.1, -0.05) is 0 Å². The van der Waals surface area contributed by atoms with E-state index < -0.39 is 4.92 Å². The maximum Gasteiger partial charge on any atom is 0.274 e. The van der Waals surface area contributed by atoms with E-state index in [0.717, 1.165) is 25.8 Å². The largest absolute Gasteiger partial charge is 0.365 e. The van der Waals surface area contributed by atoms with Crippen molar-refractivity contribution in [3.63, 3.8) is 0 Å². The number of likely N-dealkylation sites (N-methyl/N-ethyl adjacent to an activating group) is 1. The van der Waals surface area contributed by atoms with Crippen LogP contribution in [0.15, 0.2) is 12.0 Å². The maximum absolute atomic E-state index is 10.1. The number of nitro groups is 1. The summed E-state index contributed by atoms with van der Waals surface area (Å²) in [5, 5.41) is 13.0. The third kappa shape index (κ3) is 1.83. The lowest BCUT2D eigenvalue weighted by Gasteiger charge is -2.12. The molecule has 62 valence electrons. The van der Waals surface area contributed by atoms with E-state index in [-0.39, 0.29) is 0 Å². The van der Waals surface area contributed by atoms with Crippen LogP contribution in [0.25, 0.3) is 0 Å². The van der Waals surface area contributed by atoms with Gasteiger partial charge in [-0.3, -0.25) is 10.1 Å². The van der Waals surface area contributed by atoms with Crippen LogP contribution in [0.2, 0.25) is 0 Å². The molecule has 0 bridgehead atoms. The predicted molar refractivity (Wildman–Crippen MR) is 40.3 cm³/mol. The molecule has 0 aromatic rings. The topological polar surface area (TPSA) is 58.4 Å². The van der Waals surface area contributed by atoms with Crippen LogP contribution in [0.3, 0.4) is 0 Å². The van der Waals surface area contributed by atoms with Crippen molar-refractivity contribution in [1.29, 1.82) is 0 Å². The molecule has 0 amide bonds. The van der Waals surface area contributed by atoms with Crippen LogP contribution in [0.5, 0.6) is 0 Å². The lowest BCUT2D eigenvalue weighted by Crippen LogP contribution is -2.20. The van der Waals surface area contributed by atoms with Gasteiger partial charge in [0.1, 0.15) is 0 Å². The van der Waals surface area contributed by atoms with E-state index >= 15 is 0 Å². The van der Waals surface area contributed by atoms with Crippen molar-refractivity contribution < 1.29 is 4.92 Å². The van der Waals surface area contributed by atoms with Crippen molar-refractivity contribution in [2.75, 3.05) is 19.6 Å². The summed E-state index contributed by atoms with van der Waals surface area (Å²) in [5.74, 6) is 0.623. The van der Waals surface area contributed by atoms with Gasteiger partial charge < -0.3 is 10.2 Å². The molecule has 0 aromatic carbocycles. The second-order valence-corrected chi connectivity index (χ2v) is 2.31. The molecule has 11 heavy (non-hydrogen) atoms.